The summed E-state index contributed by atoms with van der Waals surface area (Å²) < 4.78 is 28.1. The molecule has 0 saturated carbocycles. The fourth-order valence-electron chi connectivity index (χ4n) is 3.77. The highest BCUT2D eigenvalue weighted by Gasteiger charge is 2.44. The van der Waals surface area contributed by atoms with Crippen LogP contribution >= 0.6 is 23.4 Å². The summed E-state index contributed by atoms with van der Waals surface area (Å²) in [5.41, 5.74) is 3.10. The molecular weight excluding hydrogens is 412 g/mol. The number of halogens is 3. The standard InChI is InChI=1S/C22H16ClF2N3S/c1-12-5-4-6-15(23)19(12)26-21-20(14-10-9-13(24)11-16(14)25)27-22-28(21)17-7-2-3-8-18(17)29-22/h2-11,20-21,26H,1H3. The number of aliphatic imine (C=N–C) groups is 1. The van der Waals surface area contributed by atoms with Gasteiger partial charge in [-0.1, -0.05) is 41.9 Å². The number of nitrogens with one attached hydrogen (secondary N) is 1. The van der Waals surface area contributed by atoms with Gasteiger partial charge >= 0.3 is 0 Å². The van der Waals surface area contributed by atoms with Crippen molar-refractivity contribution in [1.29, 1.82) is 0 Å². The maximum atomic E-state index is 14.7. The van der Waals surface area contributed by atoms with E-state index in [0.717, 1.165) is 33.1 Å². The first kappa shape index (κ1) is 18.5. The molecule has 0 aliphatic carbocycles. The highest BCUT2D eigenvalue weighted by Crippen LogP contribution is 2.49. The van der Waals surface area contributed by atoms with Crippen LogP contribution in [0.5, 0.6) is 0 Å². The van der Waals surface area contributed by atoms with E-state index in [0.29, 0.717) is 10.6 Å². The van der Waals surface area contributed by atoms with E-state index in [9.17, 15) is 8.78 Å². The van der Waals surface area contributed by atoms with E-state index in [4.69, 9.17) is 16.6 Å². The van der Waals surface area contributed by atoms with E-state index in [-0.39, 0.29) is 0 Å². The van der Waals surface area contributed by atoms with Crippen LogP contribution < -0.4 is 10.2 Å². The Labute approximate surface area is 176 Å². The van der Waals surface area contributed by atoms with Crippen molar-refractivity contribution in [3.63, 3.8) is 0 Å². The number of rotatable bonds is 3. The summed E-state index contributed by atoms with van der Waals surface area (Å²) in [6, 6.07) is 16.7. The third-order valence-corrected chi connectivity index (χ3v) is 6.52. The first-order valence-corrected chi connectivity index (χ1v) is 10.3. The average Bonchev–Trinajstić information content (AvgIpc) is 3.21. The molecule has 0 aromatic heterocycles. The van der Waals surface area contributed by atoms with Crippen molar-refractivity contribution >= 4 is 39.9 Å². The molecular formula is C22H16ClF2N3S. The Morgan fingerprint density at radius 1 is 1.07 bits per heavy atom. The molecule has 3 nitrogen and oxygen atoms in total. The molecule has 2 atom stereocenters. The van der Waals surface area contributed by atoms with Gasteiger partial charge in [-0.15, -0.1) is 0 Å². The molecule has 29 heavy (non-hydrogen) atoms. The first-order valence-electron chi connectivity index (χ1n) is 9.13. The normalized spacial score (nSPS) is 19.7. The molecule has 0 radical (unpaired) electrons. The molecule has 3 aromatic rings. The number of hydrogen-bond donors (Lipinski definition) is 1. The second kappa shape index (κ2) is 7.04. The third kappa shape index (κ3) is 3.07. The van der Waals surface area contributed by atoms with Crippen LogP contribution in [0, 0.1) is 18.6 Å². The third-order valence-electron chi connectivity index (χ3n) is 5.15. The highest BCUT2D eigenvalue weighted by molar-refractivity contribution is 8.14. The van der Waals surface area contributed by atoms with E-state index in [1.165, 1.54) is 12.1 Å². The fraction of sp³-hybridized carbons (Fsp3) is 0.136. The highest BCUT2D eigenvalue weighted by atomic mass is 35.5. The van der Waals surface area contributed by atoms with Gasteiger partial charge in [-0.3, -0.25) is 4.90 Å². The second-order valence-corrected chi connectivity index (χ2v) is 8.40. The van der Waals surface area contributed by atoms with Gasteiger partial charge in [0.1, 0.15) is 23.8 Å². The smallest absolute Gasteiger partial charge is 0.171 e. The summed E-state index contributed by atoms with van der Waals surface area (Å²) >= 11 is 7.99. The quantitative estimate of drug-likeness (QED) is 0.525. The zero-order valence-corrected chi connectivity index (χ0v) is 16.9. The summed E-state index contributed by atoms with van der Waals surface area (Å²) in [5.74, 6) is -1.22. The van der Waals surface area contributed by atoms with Gasteiger partial charge in [0.2, 0.25) is 0 Å². The molecule has 2 unspecified atom stereocenters. The lowest BCUT2D eigenvalue weighted by molar-refractivity contribution is 0.541. The Balaban J connectivity index is 1.62. The topological polar surface area (TPSA) is 27.6 Å². The van der Waals surface area contributed by atoms with Crippen LogP contribution in [0.2, 0.25) is 5.02 Å². The number of aryl methyl sites for hydroxylation is 1. The summed E-state index contributed by atoms with van der Waals surface area (Å²) in [5, 5.41) is 4.85. The van der Waals surface area contributed by atoms with Gasteiger partial charge in [0.15, 0.2) is 5.17 Å². The number of fused-ring (bicyclic) bond motifs is 3. The number of anilines is 2. The first-order chi connectivity index (χ1) is 14.0. The molecule has 2 aliphatic rings. The molecule has 2 aliphatic heterocycles. The molecule has 1 N–H and O–H groups in total. The minimum absolute atomic E-state index is 0.341. The molecule has 3 aromatic carbocycles. The molecule has 2 heterocycles. The number of para-hydroxylation sites is 2. The summed E-state index contributed by atoms with van der Waals surface area (Å²) in [4.78, 5) is 7.96. The molecule has 7 heteroatoms. The molecule has 5 rings (SSSR count). The molecule has 0 saturated heterocycles. The fourth-order valence-corrected chi connectivity index (χ4v) is 5.14. The minimum atomic E-state index is -0.610. The number of benzene rings is 3. The van der Waals surface area contributed by atoms with Gasteiger partial charge in [0, 0.05) is 16.5 Å². The molecule has 0 bridgehead atoms. The van der Waals surface area contributed by atoms with Gasteiger partial charge in [-0.25, -0.2) is 13.8 Å². The van der Waals surface area contributed by atoms with Crippen molar-refractivity contribution in [3.8, 4) is 0 Å². The van der Waals surface area contributed by atoms with Crippen LogP contribution in [0.25, 0.3) is 0 Å². The lowest BCUT2D eigenvalue weighted by Gasteiger charge is -2.30. The Hall–Kier alpha value is -2.57. The van der Waals surface area contributed by atoms with Gasteiger partial charge in [-0.05, 0) is 48.5 Å². The molecule has 0 spiro atoms. The van der Waals surface area contributed by atoms with Crippen LogP contribution in [0.3, 0.4) is 0 Å². The van der Waals surface area contributed by atoms with Crippen molar-refractivity contribution in [2.24, 2.45) is 4.99 Å². The van der Waals surface area contributed by atoms with E-state index in [1.54, 1.807) is 11.8 Å². The molecule has 0 fully saturated rings. The Bertz CT molecular complexity index is 1130. The van der Waals surface area contributed by atoms with E-state index >= 15 is 0 Å². The summed E-state index contributed by atoms with van der Waals surface area (Å²) in [6.45, 7) is 1.96. The van der Waals surface area contributed by atoms with E-state index < -0.39 is 23.8 Å². The zero-order valence-electron chi connectivity index (χ0n) is 15.4. The Kier molecular flexibility index (Phi) is 4.48. The largest absolute Gasteiger partial charge is 0.361 e. The minimum Gasteiger partial charge on any atom is -0.361 e. The average molecular weight is 428 g/mol. The Morgan fingerprint density at radius 2 is 1.90 bits per heavy atom. The van der Waals surface area contributed by atoms with E-state index in [1.807, 2.05) is 49.4 Å². The second-order valence-electron chi connectivity index (χ2n) is 6.98. The number of nitrogens with zero attached hydrogens (tertiary/aromatic N) is 2. The van der Waals surface area contributed by atoms with Crippen LogP contribution in [-0.2, 0) is 0 Å². The number of thioether (sulfide) groups is 1. The van der Waals surface area contributed by atoms with Crippen molar-refractivity contribution in [2.45, 2.75) is 24.0 Å². The van der Waals surface area contributed by atoms with Crippen molar-refractivity contribution in [1.82, 2.24) is 0 Å². The van der Waals surface area contributed by atoms with Crippen molar-refractivity contribution in [3.05, 3.63) is 88.4 Å². The van der Waals surface area contributed by atoms with Gasteiger partial charge in [-0.2, -0.15) is 0 Å². The van der Waals surface area contributed by atoms with Crippen LogP contribution in [0.4, 0.5) is 20.2 Å². The summed E-state index contributed by atoms with van der Waals surface area (Å²) in [6.07, 6.45) is -0.403. The monoisotopic (exact) mass is 427 g/mol. The number of hydrogen-bond acceptors (Lipinski definition) is 4. The van der Waals surface area contributed by atoms with Gasteiger partial charge in [0.05, 0.1) is 16.4 Å². The lowest BCUT2D eigenvalue weighted by Crippen LogP contribution is -2.41. The van der Waals surface area contributed by atoms with Gasteiger partial charge < -0.3 is 5.32 Å². The predicted octanol–water partition coefficient (Wildman–Crippen LogP) is 6.39. The predicted molar refractivity (Wildman–Crippen MR) is 115 cm³/mol. The van der Waals surface area contributed by atoms with Crippen molar-refractivity contribution in [2.75, 3.05) is 10.2 Å². The zero-order chi connectivity index (χ0) is 20.1. The SMILES string of the molecule is Cc1cccc(Cl)c1NC1C(c2ccc(F)cc2F)N=C2Sc3ccccc3N21. The maximum Gasteiger partial charge on any atom is 0.171 e. The van der Waals surface area contributed by atoms with Gasteiger partial charge in [0.25, 0.3) is 0 Å². The summed E-state index contributed by atoms with van der Waals surface area (Å²) in [7, 11) is 0. The van der Waals surface area contributed by atoms with Crippen LogP contribution in [0.1, 0.15) is 17.2 Å². The number of amidine groups is 1. The van der Waals surface area contributed by atoms with E-state index in [2.05, 4.69) is 10.2 Å². The molecule has 146 valence electrons. The Morgan fingerprint density at radius 3 is 2.69 bits per heavy atom. The maximum absolute atomic E-state index is 14.7. The van der Waals surface area contributed by atoms with Crippen molar-refractivity contribution < 1.29 is 8.78 Å². The molecule has 0 amide bonds. The van der Waals surface area contributed by atoms with Crippen LogP contribution in [-0.4, -0.2) is 11.3 Å². The lowest BCUT2D eigenvalue weighted by atomic mass is 10.0. The van der Waals surface area contributed by atoms with Crippen LogP contribution in [0.15, 0.2) is 70.6 Å².